The summed E-state index contributed by atoms with van der Waals surface area (Å²) in [6.07, 6.45) is -0.223. The largest absolute Gasteiger partial charge is 0.384 e. The molecule has 0 heterocycles. The first kappa shape index (κ1) is 21.2. The van der Waals surface area contributed by atoms with Gasteiger partial charge in [0, 0.05) is 0 Å². The van der Waals surface area contributed by atoms with Crippen LogP contribution < -0.4 is 16.4 Å². The van der Waals surface area contributed by atoms with Crippen molar-refractivity contribution < 1.29 is 18.8 Å². The van der Waals surface area contributed by atoms with Gasteiger partial charge in [0.25, 0.3) is 5.91 Å². The number of hydrogen-bond donors (Lipinski definition) is 3. The first-order valence-electron chi connectivity index (χ1n) is 8.38. The van der Waals surface area contributed by atoms with Gasteiger partial charge in [0.1, 0.15) is 11.7 Å². The molecule has 0 aromatic heterocycles. The number of nitrogens with one attached hydrogen (secondary N) is 2. The van der Waals surface area contributed by atoms with Crippen molar-refractivity contribution in [2.75, 3.05) is 11.9 Å². The number of benzene rings is 2. The fourth-order valence-electron chi connectivity index (χ4n) is 2.25. The van der Waals surface area contributed by atoms with Crippen molar-refractivity contribution in [3.63, 3.8) is 0 Å². The van der Waals surface area contributed by atoms with Gasteiger partial charge < -0.3 is 21.2 Å². The highest BCUT2D eigenvalue weighted by Gasteiger charge is 2.11. The topological polar surface area (TPSA) is 106 Å². The molecule has 0 bridgehead atoms. The van der Waals surface area contributed by atoms with E-state index in [1.807, 2.05) is 0 Å². The lowest BCUT2D eigenvalue weighted by Gasteiger charge is -2.13. The Morgan fingerprint density at radius 3 is 2.54 bits per heavy atom. The van der Waals surface area contributed by atoms with Crippen molar-refractivity contribution in [1.82, 2.24) is 5.32 Å². The molecule has 148 valence electrons. The minimum Gasteiger partial charge on any atom is -0.384 e. The summed E-state index contributed by atoms with van der Waals surface area (Å²) in [5, 5.41) is 9.22. The summed E-state index contributed by atoms with van der Waals surface area (Å²) < 4.78 is 12.9. The fourth-order valence-corrected chi connectivity index (χ4v) is 2.43. The molecule has 1 unspecified atom stereocenters. The molecule has 0 fully saturated rings. The van der Waals surface area contributed by atoms with Crippen LogP contribution in [0.15, 0.2) is 53.7 Å². The molecule has 0 radical (unpaired) electrons. The average Bonchev–Trinajstić information content (AvgIpc) is 2.64. The first-order valence-corrected chi connectivity index (χ1v) is 8.76. The lowest BCUT2D eigenvalue weighted by atomic mass is 10.1. The maximum absolute atomic E-state index is 12.9. The van der Waals surface area contributed by atoms with Crippen LogP contribution in [0.2, 0.25) is 5.02 Å². The minimum atomic E-state index is -0.436. The standard InChI is InChI=1S/C19H20ClFN4O3/c1-12(13-6-8-14(21)9-7-13)23-19(27)11-28-25-17(22)10-18(26)24-16-5-3-2-4-15(16)20/h2-9,12H,10-11H2,1H3,(H2,22,25)(H,23,27)(H,24,26). The number of hydrogen-bond acceptors (Lipinski definition) is 4. The second-order valence-corrected chi connectivity index (χ2v) is 6.31. The van der Waals surface area contributed by atoms with Gasteiger partial charge in [0.2, 0.25) is 5.91 Å². The second-order valence-electron chi connectivity index (χ2n) is 5.90. The lowest BCUT2D eigenvalue weighted by molar-refractivity contribution is -0.126. The van der Waals surface area contributed by atoms with Crippen molar-refractivity contribution >= 4 is 34.9 Å². The summed E-state index contributed by atoms with van der Waals surface area (Å²) in [5.41, 5.74) is 6.82. The third-order valence-electron chi connectivity index (χ3n) is 3.61. The van der Waals surface area contributed by atoms with Crippen molar-refractivity contribution in [3.8, 4) is 0 Å². The number of carbonyl (C=O) groups is 2. The average molecular weight is 407 g/mol. The SMILES string of the molecule is CC(NC(=O)CO/N=C(/N)CC(=O)Nc1ccccc1Cl)c1ccc(F)cc1. The monoisotopic (exact) mass is 406 g/mol. The van der Waals surface area contributed by atoms with Gasteiger partial charge in [-0.15, -0.1) is 0 Å². The number of nitrogens with zero attached hydrogens (tertiary/aromatic N) is 1. The van der Waals surface area contributed by atoms with Crippen LogP contribution in [-0.2, 0) is 14.4 Å². The van der Waals surface area contributed by atoms with Crippen LogP contribution >= 0.6 is 11.6 Å². The van der Waals surface area contributed by atoms with E-state index in [1.54, 1.807) is 43.3 Å². The van der Waals surface area contributed by atoms with Gasteiger partial charge in [0.05, 0.1) is 23.2 Å². The number of amidine groups is 1. The van der Waals surface area contributed by atoms with Crippen LogP contribution in [0.3, 0.4) is 0 Å². The van der Waals surface area contributed by atoms with Crippen molar-refractivity contribution in [2.45, 2.75) is 19.4 Å². The highest BCUT2D eigenvalue weighted by Crippen LogP contribution is 2.20. The van der Waals surface area contributed by atoms with E-state index in [0.717, 1.165) is 5.56 Å². The van der Waals surface area contributed by atoms with E-state index in [1.165, 1.54) is 12.1 Å². The number of oxime groups is 1. The Morgan fingerprint density at radius 2 is 1.86 bits per heavy atom. The highest BCUT2D eigenvalue weighted by atomic mass is 35.5. The van der Waals surface area contributed by atoms with E-state index in [2.05, 4.69) is 15.8 Å². The van der Waals surface area contributed by atoms with Crippen molar-refractivity contribution in [1.29, 1.82) is 0 Å². The molecule has 0 aliphatic rings. The highest BCUT2D eigenvalue weighted by molar-refractivity contribution is 6.33. The summed E-state index contributed by atoms with van der Waals surface area (Å²) in [6, 6.07) is 12.2. The van der Waals surface area contributed by atoms with Gasteiger partial charge in [-0.2, -0.15) is 0 Å². The molecule has 7 nitrogen and oxygen atoms in total. The molecule has 0 saturated heterocycles. The molecule has 2 aromatic carbocycles. The molecule has 0 spiro atoms. The number of halogens is 2. The summed E-state index contributed by atoms with van der Waals surface area (Å²) in [4.78, 5) is 28.6. The molecule has 2 amide bonds. The summed E-state index contributed by atoms with van der Waals surface area (Å²) in [5.74, 6) is -1.31. The van der Waals surface area contributed by atoms with E-state index in [0.29, 0.717) is 10.7 Å². The molecule has 2 rings (SSSR count). The number of amides is 2. The van der Waals surface area contributed by atoms with Gasteiger partial charge >= 0.3 is 0 Å². The Kier molecular flexibility index (Phi) is 7.76. The Hall–Kier alpha value is -3.13. The number of carbonyl (C=O) groups excluding carboxylic acids is 2. The number of anilines is 1. The predicted molar refractivity (Wildman–Crippen MR) is 105 cm³/mol. The predicted octanol–water partition coefficient (Wildman–Crippen LogP) is 2.97. The molecule has 1 atom stereocenters. The Bertz CT molecular complexity index is 859. The summed E-state index contributed by atoms with van der Waals surface area (Å²) in [6.45, 7) is 1.38. The zero-order chi connectivity index (χ0) is 20.5. The van der Waals surface area contributed by atoms with Crippen LogP contribution in [0.1, 0.15) is 24.9 Å². The quantitative estimate of drug-likeness (QED) is 0.356. The van der Waals surface area contributed by atoms with Crippen LogP contribution in [0.5, 0.6) is 0 Å². The van der Waals surface area contributed by atoms with Gasteiger partial charge in [-0.3, -0.25) is 9.59 Å². The molecule has 9 heteroatoms. The molecule has 4 N–H and O–H groups in total. The maximum Gasteiger partial charge on any atom is 0.261 e. The minimum absolute atomic E-state index is 0.0936. The third-order valence-corrected chi connectivity index (χ3v) is 3.94. The van der Waals surface area contributed by atoms with E-state index in [9.17, 15) is 14.0 Å². The van der Waals surface area contributed by atoms with Crippen molar-refractivity contribution in [2.24, 2.45) is 10.9 Å². The van der Waals surface area contributed by atoms with Crippen LogP contribution in [0.4, 0.5) is 10.1 Å². The third kappa shape index (κ3) is 6.88. The second kappa shape index (κ2) is 10.3. The fraction of sp³-hybridized carbons (Fsp3) is 0.211. The molecule has 0 aliphatic carbocycles. The van der Waals surface area contributed by atoms with E-state index >= 15 is 0 Å². The normalized spacial score (nSPS) is 12.2. The zero-order valence-corrected chi connectivity index (χ0v) is 15.9. The molecular weight excluding hydrogens is 387 g/mol. The van der Waals surface area contributed by atoms with Gasteiger partial charge in [-0.05, 0) is 36.8 Å². The van der Waals surface area contributed by atoms with E-state index < -0.39 is 11.8 Å². The Morgan fingerprint density at radius 1 is 1.18 bits per heavy atom. The number of nitrogens with two attached hydrogens (primary N) is 1. The molecule has 0 aliphatic heterocycles. The maximum atomic E-state index is 12.9. The lowest BCUT2D eigenvalue weighted by Crippen LogP contribution is -2.30. The van der Waals surface area contributed by atoms with E-state index in [4.69, 9.17) is 22.2 Å². The molecule has 2 aromatic rings. The smallest absolute Gasteiger partial charge is 0.261 e. The summed E-state index contributed by atoms with van der Waals surface area (Å²) in [7, 11) is 0. The zero-order valence-electron chi connectivity index (χ0n) is 15.1. The number of rotatable bonds is 8. The molecule has 0 saturated carbocycles. The Balaban J connectivity index is 1.75. The van der Waals surface area contributed by atoms with Gasteiger partial charge in [-0.1, -0.05) is 41.0 Å². The number of para-hydroxylation sites is 1. The van der Waals surface area contributed by atoms with E-state index in [-0.39, 0.29) is 30.7 Å². The first-order chi connectivity index (χ1) is 13.3. The van der Waals surface area contributed by atoms with Crippen molar-refractivity contribution in [3.05, 3.63) is 64.9 Å². The molecule has 28 heavy (non-hydrogen) atoms. The van der Waals surface area contributed by atoms with Crippen LogP contribution in [0.25, 0.3) is 0 Å². The van der Waals surface area contributed by atoms with Crippen LogP contribution in [0, 0.1) is 5.82 Å². The van der Waals surface area contributed by atoms with Gasteiger partial charge in [-0.25, -0.2) is 4.39 Å². The summed E-state index contributed by atoms with van der Waals surface area (Å²) >= 11 is 5.95. The van der Waals surface area contributed by atoms with Gasteiger partial charge in [0.15, 0.2) is 6.61 Å². The molecular formula is C19H20ClFN4O3. The Labute approximate surface area is 166 Å². The van der Waals surface area contributed by atoms with Crippen LogP contribution in [-0.4, -0.2) is 24.3 Å².